The summed E-state index contributed by atoms with van der Waals surface area (Å²) in [5.41, 5.74) is 0.0935. The van der Waals surface area contributed by atoms with Gasteiger partial charge in [-0.25, -0.2) is 8.78 Å². The van der Waals surface area contributed by atoms with Crippen molar-refractivity contribution in [3.05, 3.63) is 35.4 Å². The van der Waals surface area contributed by atoms with E-state index in [0.29, 0.717) is 0 Å². The second-order valence-electron chi connectivity index (χ2n) is 3.29. The van der Waals surface area contributed by atoms with Gasteiger partial charge in [-0.05, 0) is 25.1 Å². The van der Waals surface area contributed by atoms with Crippen molar-refractivity contribution in [2.75, 3.05) is 0 Å². The number of nitrogens with zero attached hydrogens (tertiary/aromatic N) is 1. The van der Waals surface area contributed by atoms with Crippen molar-refractivity contribution in [1.29, 1.82) is 5.26 Å². The van der Waals surface area contributed by atoms with E-state index in [1.807, 2.05) is 6.07 Å². The van der Waals surface area contributed by atoms with Crippen LogP contribution in [0.15, 0.2) is 18.2 Å². The zero-order chi connectivity index (χ0) is 11.4. The Morgan fingerprint density at radius 2 is 2.13 bits per heavy atom. The average molecular weight is 209 g/mol. The van der Waals surface area contributed by atoms with Crippen molar-refractivity contribution >= 4 is 5.78 Å². The standard InChI is InChI=1S/C11H9F2NO/c1-7(6-14)4-11(15)8-2-3-9(12)10(13)5-8/h2-3,5,7H,4H2,1H3. The number of ketones is 1. The van der Waals surface area contributed by atoms with Crippen LogP contribution in [0.5, 0.6) is 0 Å². The molecule has 0 saturated carbocycles. The Labute approximate surface area is 86.1 Å². The van der Waals surface area contributed by atoms with Crippen molar-refractivity contribution in [3.63, 3.8) is 0 Å². The quantitative estimate of drug-likeness (QED) is 0.718. The summed E-state index contributed by atoms with van der Waals surface area (Å²) in [6, 6.07) is 4.87. The highest BCUT2D eigenvalue weighted by Crippen LogP contribution is 2.13. The SMILES string of the molecule is CC(C#N)CC(=O)c1ccc(F)c(F)c1. The van der Waals surface area contributed by atoms with Crippen molar-refractivity contribution in [3.8, 4) is 6.07 Å². The molecule has 0 saturated heterocycles. The fourth-order valence-electron chi connectivity index (χ4n) is 1.11. The molecular formula is C11H9F2NO. The molecule has 1 unspecified atom stereocenters. The van der Waals surface area contributed by atoms with Crippen LogP contribution in [-0.2, 0) is 0 Å². The van der Waals surface area contributed by atoms with Crippen LogP contribution in [0.3, 0.4) is 0 Å². The maximum atomic E-state index is 12.8. The van der Waals surface area contributed by atoms with Crippen LogP contribution in [0.4, 0.5) is 8.78 Å². The molecule has 0 bridgehead atoms. The summed E-state index contributed by atoms with van der Waals surface area (Å²) in [6.45, 7) is 1.60. The smallest absolute Gasteiger partial charge is 0.164 e. The van der Waals surface area contributed by atoms with Gasteiger partial charge in [-0.15, -0.1) is 0 Å². The Morgan fingerprint density at radius 1 is 1.47 bits per heavy atom. The lowest BCUT2D eigenvalue weighted by Gasteiger charge is -2.02. The zero-order valence-electron chi connectivity index (χ0n) is 8.13. The molecule has 2 nitrogen and oxygen atoms in total. The normalized spacial score (nSPS) is 11.9. The van der Waals surface area contributed by atoms with E-state index in [0.717, 1.165) is 12.1 Å². The van der Waals surface area contributed by atoms with Gasteiger partial charge in [0.25, 0.3) is 0 Å². The van der Waals surface area contributed by atoms with Crippen LogP contribution in [-0.4, -0.2) is 5.78 Å². The maximum absolute atomic E-state index is 12.8. The highest BCUT2D eigenvalue weighted by Gasteiger charge is 2.12. The monoisotopic (exact) mass is 209 g/mol. The lowest BCUT2D eigenvalue weighted by atomic mass is 10.0. The summed E-state index contributed by atoms with van der Waals surface area (Å²) in [5.74, 6) is -2.82. The van der Waals surface area contributed by atoms with Gasteiger partial charge >= 0.3 is 0 Å². The summed E-state index contributed by atoms with van der Waals surface area (Å²) >= 11 is 0. The number of halogens is 2. The molecular weight excluding hydrogens is 200 g/mol. The number of hydrogen-bond acceptors (Lipinski definition) is 2. The number of hydrogen-bond donors (Lipinski definition) is 0. The number of carbonyl (C=O) groups excluding carboxylic acids is 1. The fourth-order valence-corrected chi connectivity index (χ4v) is 1.11. The van der Waals surface area contributed by atoms with E-state index in [-0.39, 0.29) is 17.8 Å². The number of carbonyl (C=O) groups is 1. The molecule has 1 aromatic rings. The van der Waals surface area contributed by atoms with E-state index in [4.69, 9.17) is 5.26 Å². The minimum atomic E-state index is -1.05. The lowest BCUT2D eigenvalue weighted by Crippen LogP contribution is -2.05. The third-order valence-corrected chi connectivity index (χ3v) is 1.95. The first-order valence-corrected chi connectivity index (χ1v) is 4.42. The van der Waals surface area contributed by atoms with Gasteiger partial charge in [0.1, 0.15) is 0 Å². The molecule has 0 fully saturated rings. The molecule has 0 N–H and O–H groups in total. The molecule has 0 aliphatic carbocycles. The number of Topliss-reactive ketones (excluding diaryl/α,β-unsaturated/α-hetero) is 1. The predicted molar refractivity (Wildman–Crippen MR) is 50.1 cm³/mol. The van der Waals surface area contributed by atoms with E-state index in [9.17, 15) is 13.6 Å². The third-order valence-electron chi connectivity index (χ3n) is 1.95. The molecule has 0 aliphatic rings. The molecule has 0 spiro atoms. The third kappa shape index (κ3) is 2.84. The summed E-state index contributed by atoms with van der Waals surface area (Å²) in [5, 5.41) is 8.49. The zero-order valence-corrected chi connectivity index (χ0v) is 8.13. The minimum absolute atomic E-state index is 0.0154. The molecule has 1 aromatic carbocycles. The molecule has 4 heteroatoms. The van der Waals surface area contributed by atoms with Crippen LogP contribution in [0, 0.1) is 28.9 Å². The van der Waals surface area contributed by atoms with Crippen LogP contribution in [0.1, 0.15) is 23.7 Å². The largest absolute Gasteiger partial charge is 0.294 e. The molecule has 1 atom stereocenters. The number of rotatable bonds is 3. The highest BCUT2D eigenvalue weighted by molar-refractivity contribution is 5.96. The van der Waals surface area contributed by atoms with E-state index >= 15 is 0 Å². The van der Waals surface area contributed by atoms with Gasteiger partial charge < -0.3 is 0 Å². The summed E-state index contributed by atoms with van der Waals surface area (Å²) < 4.78 is 25.3. The van der Waals surface area contributed by atoms with E-state index in [2.05, 4.69) is 0 Å². The molecule has 1 rings (SSSR count). The summed E-state index contributed by atoms with van der Waals surface area (Å²) in [7, 11) is 0. The Bertz CT molecular complexity index is 423. The van der Waals surface area contributed by atoms with Gasteiger partial charge in [-0.2, -0.15) is 5.26 Å². The van der Waals surface area contributed by atoms with Gasteiger partial charge in [-0.3, -0.25) is 4.79 Å². The van der Waals surface area contributed by atoms with Crippen LogP contribution in [0.2, 0.25) is 0 Å². The van der Waals surface area contributed by atoms with E-state index in [1.54, 1.807) is 6.92 Å². The second kappa shape index (κ2) is 4.65. The molecule has 15 heavy (non-hydrogen) atoms. The van der Waals surface area contributed by atoms with Gasteiger partial charge in [0.05, 0.1) is 12.0 Å². The van der Waals surface area contributed by atoms with Gasteiger partial charge in [0, 0.05) is 12.0 Å². The van der Waals surface area contributed by atoms with Crippen molar-refractivity contribution in [2.45, 2.75) is 13.3 Å². The fraction of sp³-hybridized carbons (Fsp3) is 0.273. The first kappa shape index (κ1) is 11.3. The second-order valence-corrected chi connectivity index (χ2v) is 3.29. The molecule has 0 amide bonds. The average Bonchev–Trinajstić information content (AvgIpc) is 2.21. The first-order chi connectivity index (χ1) is 7.04. The van der Waals surface area contributed by atoms with Gasteiger partial charge in [0.15, 0.2) is 17.4 Å². The van der Waals surface area contributed by atoms with E-state index in [1.165, 1.54) is 6.07 Å². The topological polar surface area (TPSA) is 40.9 Å². The first-order valence-electron chi connectivity index (χ1n) is 4.42. The van der Waals surface area contributed by atoms with Gasteiger partial charge in [0.2, 0.25) is 0 Å². The van der Waals surface area contributed by atoms with Crippen molar-refractivity contribution < 1.29 is 13.6 Å². The van der Waals surface area contributed by atoms with E-state index < -0.39 is 17.6 Å². The van der Waals surface area contributed by atoms with Crippen LogP contribution in [0.25, 0.3) is 0 Å². The molecule has 78 valence electrons. The molecule has 0 radical (unpaired) electrons. The van der Waals surface area contributed by atoms with Crippen LogP contribution < -0.4 is 0 Å². The lowest BCUT2D eigenvalue weighted by molar-refractivity contribution is 0.0972. The van der Waals surface area contributed by atoms with Crippen molar-refractivity contribution in [1.82, 2.24) is 0 Å². The Morgan fingerprint density at radius 3 is 2.67 bits per heavy atom. The van der Waals surface area contributed by atoms with Crippen LogP contribution >= 0.6 is 0 Å². The van der Waals surface area contributed by atoms with Crippen molar-refractivity contribution in [2.24, 2.45) is 5.92 Å². The minimum Gasteiger partial charge on any atom is -0.294 e. The number of benzene rings is 1. The summed E-state index contributed by atoms with van der Waals surface area (Å²) in [4.78, 5) is 11.4. The Kier molecular flexibility index (Phi) is 3.51. The summed E-state index contributed by atoms with van der Waals surface area (Å²) in [6.07, 6.45) is 0.0154. The molecule has 0 aromatic heterocycles. The molecule has 0 heterocycles. The predicted octanol–water partition coefficient (Wildman–Crippen LogP) is 2.70. The van der Waals surface area contributed by atoms with Gasteiger partial charge in [-0.1, -0.05) is 0 Å². The maximum Gasteiger partial charge on any atom is 0.164 e. The number of nitriles is 1. The Balaban J connectivity index is 2.84. The highest BCUT2D eigenvalue weighted by atomic mass is 19.2. The Hall–Kier alpha value is -1.76. The molecule has 0 aliphatic heterocycles.